The molecule has 1 nitrogen and oxygen atoms in total. The molecule has 0 saturated heterocycles. The molecule has 0 aliphatic carbocycles. The van der Waals surface area contributed by atoms with E-state index in [1.54, 1.807) is 0 Å². The molecule has 0 saturated carbocycles. The molecular weight excluding hydrogens is 255 g/mol. The third kappa shape index (κ3) is 4.13. The molecule has 0 heterocycles. The molecule has 0 aromatic carbocycles. The molecule has 0 aromatic heterocycles. The van der Waals surface area contributed by atoms with Gasteiger partial charge >= 0.3 is 81.5 Å². The van der Waals surface area contributed by atoms with Gasteiger partial charge in [0.25, 0.3) is 0 Å². The van der Waals surface area contributed by atoms with Gasteiger partial charge in [0.15, 0.2) is 0 Å². The summed E-state index contributed by atoms with van der Waals surface area (Å²) in [6.45, 7) is 6.77. The van der Waals surface area contributed by atoms with Gasteiger partial charge in [0.1, 0.15) is 0 Å². The minimum absolute atomic E-state index is 0.587. The van der Waals surface area contributed by atoms with Crippen LogP contribution in [0.15, 0.2) is 0 Å². The van der Waals surface area contributed by atoms with Crippen molar-refractivity contribution in [3.8, 4) is 0 Å². The Morgan fingerprint density at radius 2 is 1.17 bits per heavy atom. The van der Waals surface area contributed by atoms with Gasteiger partial charge in [-0.3, -0.25) is 0 Å². The van der Waals surface area contributed by atoms with Crippen molar-refractivity contribution in [1.29, 1.82) is 0 Å². The van der Waals surface area contributed by atoms with Gasteiger partial charge in [-0.1, -0.05) is 0 Å². The van der Waals surface area contributed by atoms with Crippen molar-refractivity contribution < 1.29 is 5.11 Å². The minimum atomic E-state index is -1.96. The third-order valence-corrected chi connectivity index (χ3v) is 18.0. The summed E-state index contributed by atoms with van der Waals surface area (Å²) in [5.74, 6) is 0. The van der Waals surface area contributed by atoms with E-state index in [2.05, 4.69) is 20.8 Å². The first-order valence-electron chi connectivity index (χ1n) is 5.35. The predicted molar refractivity (Wildman–Crippen MR) is 58.1 cm³/mol. The molecule has 1 N–H and O–H groups in total. The Morgan fingerprint density at radius 1 is 0.833 bits per heavy atom. The van der Waals surface area contributed by atoms with E-state index in [1.165, 1.54) is 32.6 Å². The molecule has 0 bridgehead atoms. The van der Waals surface area contributed by atoms with E-state index in [1.807, 2.05) is 0 Å². The molecule has 0 unspecified atom stereocenters. The first-order valence-corrected chi connectivity index (χ1v) is 13.4. The van der Waals surface area contributed by atoms with Crippen LogP contribution in [-0.4, -0.2) is 28.1 Å². The van der Waals surface area contributed by atoms with Crippen molar-refractivity contribution >= 4 is 18.4 Å². The molecule has 0 amide bonds. The summed E-state index contributed by atoms with van der Waals surface area (Å²) in [6, 6.07) is 0. The maximum absolute atomic E-state index is 9.46. The molecule has 0 radical (unpaired) electrons. The fourth-order valence-electron chi connectivity index (χ4n) is 2.20. The van der Waals surface area contributed by atoms with Crippen LogP contribution in [0.1, 0.15) is 40.0 Å². The second-order valence-corrected chi connectivity index (χ2v) is 17.7. The van der Waals surface area contributed by atoms with Gasteiger partial charge in [0.05, 0.1) is 0 Å². The Bertz CT molecular complexity index is 87.0. The Kier molecular flexibility index (Phi) is 7.64. The molecule has 0 spiro atoms. The summed E-state index contributed by atoms with van der Waals surface area (Å²) in [5, 5.41) is 9.46. The number of rotatable bonds is 7. The Hall–Kier alpha value is 0.759. The summed E-state index contributed by atoms with van der Waals surface area (Å²) in [5.41, 5.74) is 0. The van der Waals surface area contributed by atoms with Gasteiger partial charge in [0, 0.05) is 0 Å². The quantitative estimate of drug-likeness (QED) is 0.709. The molecule has 0 aliphatic rings. The Balaban J connectivity index is 4.06. The summed E-state index contributed by atoms with van der Waals surface area (Å²) in [4.78, 5) is 0. The maximum atomic E-state index is 9.46. The predicted octanol–water partition coefficient (Wildman–Crippen LogP) is 3.20. The average molecular weight is 279 g/mol. The van der Waals surface area contributed by atoms with E-state index in [0.717, 1.165) is 0 Å². The van der Waals surface area contributed by atoms with E-state index >= 15 is 0 Å². The zero-order chi connectivity index (χ0) is 9.45. The number of hydrogen-bond acceptors (Lipinski definition) is 1. The van der Waals surface area contributed by atoms with Crippen LogP contribution >= 0.6 is 0 Å². The van der Waals surface area contributed by atoms with Crippen molar-refractivity contribution in [2.24, 2.45) is 0 Å². The molecule has 0 aliphatic heterocycles. The van der Waals surface area contributed by atoms with E-state index in [0.29, 0.717) is 4.62 Å². The Morgan fingerprint density at radius 3 is 1.33 bits per heavy atom. The van der Waals surface area contributed by atoms with Crippen LogP contribution in [0.5, 0.6) is 0 Å². The van der Waals surface area contributed by atoms with Crippen molar-refractivity contribution in [3.63, 3.8) is 0 Å². The zero-order valence-electron chi connectivity index (χ0n) is 8.90. The number of hydrogen-bond donors (Lipinski definition) is 1. The van der Waals surface area contributed by atoms with Crippen LogP contribution in [0.3, 0.4) is 0 Å². The summed E-state index contributed by atoms with van der Waals surface area (Å²) < 4.78 is 4.77. The van der Waals surface area contributed by atoms with Gasteiger partial charge < -0.3 is 0 Å². The van der Waals surface area contributed by atoms with Gasteiger partial charge in [-0.15, -0.1) is 0 Å². The van der Waals surface area contributed by atoms with E-state index in [-0.39, 0.29) is 0 Å². The van der Waals surface area contributed by atoms with E-state index < -0.39 is 18.4 Å². The Labute approximate surface area is 81.4 Å². The molecule has 0 rings (SSSR count). The molecule has 0 atom stereocenters. The van der Waals surface area contributed by atoms with Crippen molar-refractivity contribution in [2.45, 2.75) is 53.3 Å². The normalized spacial score (nSPS) is 12.0. The standard InChI is InChI=1S/3C3H7.CH3O.Sn/c3*1-3-2;1-2;/h3*1,3H2,2H3;2H,1H2;. The van der Waals surface area contributed by atoms with Crippen LogP contribution in [-0.2, 0) is 0 Å². The van der Waals surface area contributed by atoms with E-state index in [4.69, 9.17) is 0 Å². The monoisotopic (exact) mass is 280 g/mol. The topological polar surface area (TPSA) is 20.2 Å². The summed E-state index contributed by atoms with van der Waals surface area (Å²) >= 11 is -1.96. The van der Waals surface area contributed by atoms with Gasteiger partial charge in [-0.2, -0.15) is 0 Å². The fourth-order valence-corrected chi connectivity index (χ4v) is 14.8. The molecule has 12 heavy (non-hydrogen) atoms. The van der Waals surface area contributed by atoms with Crippen LogP contribution in [0.25, 0.3) is 0 Å². The van der Waals surface area contributed by atoms with Gasteiger partial charge in [0.2, 0.25) is 0 Å². The van der Waals surface area contributed by atoms with Crippen LogP contribution < -0.4 is 0 Å². The second-order valence-electron chi connectivity index (χ2n) is 3.91. The summed E-state index contributed by atoms with van der Waals surface area (Å²) in [7, 11) is 0. The average Bonchev–Trinajstić information content (AvgIpc) is 2.06. The zero-order valence-corrected chi connectivity index (χ0v) is 11.8. The van der Waals surface area contributed by atoms with Crippen LogP contribution in [0.4, 0.5) is 0 Å². The fraction of sp³-hybridized carbons (Fsp3) is 1.00. The van der Waals surface area contributed by atoms with E-state index in [9.17, 15) is 5.11 Å². The number of aliphatic hydroxyl groups is 1. The van der Waals surface area contributed by atoms with Crippen LogP contribution in [0.2, 0.25) is 13.3 Å². The first-order chi connectivity index (χ1) is 5.74. The second kappa shape index (κ2) is 7.19. The molecule has 2 heteroatoms. The molecule has 74 valence electrons. The first kappa shape index (κ1) is 12.8. The molecular formula is C10H24OSn. The molecule has 0 aromatic rings. The van der Waals surface area contributed by atoms with Crippen molar-refractivity contribution in [2.75, 3.05) is 4.62 Å². The van der Waals surface area contributed by atoms with Crippen molar-refractivity contribution in [3.05, 3.63) is 0 Å². The van der Waals surface area contributed by atoms with Crippen LogP contribution in [0, 0.1) is 0 Å². The summed E-state index contributed by atoms with van der Waals surface area (Å²) in [6.07, 6.45) is 3.86. The van der Waals surface area contributed by atoms with Crippen molar-refractivity contribution in [1.82, 2.24) is 0 Å². The molecule has 0 fully saturated rings. The van der Waals surface area contributed by atoms with Gasteiger partial charge in [-0.25, -0.2) is 0 Å². The van der Waals surface area contributed by atoms with Gasteiger partial charge in [-0.05, 0) is 0 Å². The third-order valence-electron chi connectivity index (χ3n) is 2.68. The SMILES string of the molecule is CC[CH2][Sn]([CH2]O)([CH2]CC)[CH2]CC. The number of aliphatic hydroxyl groups excluding tert-OH is 1.